The third-order valence-electron chi connectivity index (χ3n) is 4.95. The van der Waals surface area contributed by atoms with Gasteiger partial charge in [-0.15, -0.1) is 6.54 Å². The Morgan fingerprint density at radius 3 is 1.55 bits per heavy atom. The number of carbonyl (C=O) groups is 1. The first-order valence-electron chi connectivity index (χ1n) is 12.9. The number of aliphatic hydroxyl groups excluding tert-OH is 2. The number of rotatable bonds is 16. The second-order valence-electron chi connectivity index (χ2n) is 7.76. The van der Waals surface area contributed by atoms with Gasteiger partial charge in [0, 0.05) is 86.4 Å². The number of hydrogen-bond donors (Lipinski definition) is 5. The van der Waals surface area contributed by atoms with Gasteiger partial charge in [0.2, 0.25) is 0 Å². The van der Waals surface area contributed by atoms with E-state index >= 15 is 0 Å². The number of methoxy groups -OCH3 is 4. The summed E-state index contributed by atoms with van der Waals surface area (Å²) >= 11 is 0. The molecule has 0 radical (unpaired) electrons. The smallest absolute Gasteiger partial charge is 0.645 e. The van der Waals surface area contributed by atoms with Gasteiger partial charge in [0.1, 0.15) is 0 Å². The van der Waals surface area contributed by atoms with Crippen LogP contribution in [0.3, 0.4) is 0 Å². The van der Waals surface area contributed by atoms with E-state index in [9.17, 15) is 4.79 Å². The van der Waals surface area contributed by atoms with Crippen LogP contribution in [0.1, 0.15) is 22.8 Å². The van der Waals surface area contributed by atoms with E-state index in [4.69, 9.17) is 34.9 Å². The molecule has 2 rings (SSSR count). The van der Waals surface area contributed by atoms with Crippen LogP contribution in [0.5, 0.6) is 0 Å². The molecule has 0 atom stereocenters. The second-order valence-corrected chi connectivity index (χ2v) is 7.76. The van der Waals surface area contributed by atoms with E-state index in [1.165, 1.54) is 0 Å². The van der Waals surface area contributed by atoms with E-state index in [0.29, 0.717) is 32.8 Å². The van der Waals surface area contributed by atoms with Crippen LogP contribution in [0.4, 0.5) is 0 Å². The van der Waals surface area contributed by atoms with Crippen LogP contribution in [-0.2, 0) is 25.5 Å². The number of ether oxygens (including phenoxy) is 4. The zero-order valence-corrected chi connectivity index (χ0v) is 28.8. The molecule has 13 nitrogen and oxygen atoms in total. The summed E-state index contributed by atoms with van der Waals surface area (Å²) in [5, 5.41) is 20.0. The Bertz CT molecular complexity index is 601. The Hall–Kier alpha value is -0.114. The number of nitrogens with zero attached hydrogens (tertiary/aromatic N) is 3. The molecule has 0 aliphatic carbocycles. The minimum Gasteiger partial charge on any atom is -0.645 e. The number of aliphatic hydroxyl groups is 2. The summed E-state index contributed by atoms with van der Waals surface area (Å²) in [5.74, 6) is 7.93. The molecule has 1 aromatic carbocycles. The number of carbonyl (C=O) groups excluding carboxylic acids is 1. The fourth-order valence-corrected chi connectivity index (χ4v) is 2.99. The zero-order chi connectivity index (χ0) is 30.2. The monoisotopic (exact) mass is 602 g/mol. The fraction of sp³-hybridized carbons (Fsp3) is 0.731. The molecule has 0 saturated carbocycles. The van der Waals surface area contributed by atoms with Crippen molar-refractivity contribution in [3.8, 4) is 0 Å². The molecular weight excluding hydrogens is 547 g/mol. The maximum atomic E-state index is 10.9. The summed E-state index contributed by atoms with van der Waals surface area (Å²) < 4.78 is 19.8. The molecule has 1 amide bonds. The molecule has 1 aliphatic rings. The molecule has 0 fully saturated rings. The van der Waals surface area contributed by atoms with E-state index in [0.717, 1.165) is 57.1 Å². The summed E-state index contributed by atoms with van der Waals surface area (Å²) in [6, 6.07) is 7.53. The maximum absolute atomic E-state index is 10.9. The van der Waals surface area contributed by atoms with Crippen molar-refractivity contribution in [1.82, 2.24) is 9.80 Å². The number of hydrazine groups is 1. The van der Waals surface area contributed by atoms with Gasteiger partial charge in [-0.05, 0) is 6.92 Å². The van der Waals surface area contributed by atoms with Crippen LogP contribution in [0, 0.1) is 0 Å². The molecule has 0 bridgehead atoms. The predicted octanol–water partition coefficient (Wildman–Crippen LogP) is -3.35. The second kappa shape index (κ2) is 38.9. The summed E-state index contributed by atoms with van der Waals surface area (Å²) in [6.45, 7) is 11.4. The van der Waals surface area contributed by atoms with Gasteiger partial charge in [-0.3, -0.25) is 21.5 Å². The molecule has 0 unspecified atom stereocenters. The first-order valence-corrected chi connectivity index (χ1v) is 12.9. The van der Waals surface area contributed by atoms with E-state index in [-0.39, 0.29) is 70.5 Å². The third kappa shape index (κ3) is 29.4. The predicted molar refractivity (Wildman–Crippen MR) is 155 cm³/mol. The topological polar surface area (TPSA) is 193 Å². The quantitative estimate of drug-likeness (QED) is 0.0718. The molecule has 8 N–H and O–H groups in total. The van der Waals surface area contributed by atoms with Crippen molar-refractivity contribution in [2.75, 3.05) is 114 Å². The molecule has 0 spiro atoms. The normalized spacial score (nSPS) is 10.8. The Labute approximate surface area is 284 Å². The minimum atomic E-state index is -0.0735. The van der Waals surface area contributed by atoms with Crippen molar-refractivity contribution in [2.45, 2.75) is 13.5 Å². The molecule has 1 aliphatic heterocycles. The van der Waals surface area contributed by atoms with Crippen molar-refractivity contribution < 1.29 is 85.3 Å². The SMILES string of the molecule is CCO.COCCN(CCN)CCOC.COCCN(CCO)CCOC.NN.O=C1[N-]Cc2ccccc21.[K+]. The molecule has 40 heavy (non-hydrogen) atoms. The van der Waals surface area contributed by atoms with Crippen molar-refractivity contribution in [2.24, 2.45) is 17.4 Å². The van der Waals surface area contributed by atoms with Gasteiger partial charge in [-0.1, -0.05) is 29.8 Å². The molecule has 14 heteroatoms. The molecule has 1 heterocycles. The zero-order valence-electron chi connectivity index (χ0n) is 25.7. The van der Waals surface area contributed by atoms with Gasteiger partial charge in [0.25, 0.3) is 0 Å². The number of amides is 1. The minimum absolute atomic E-state index is 0. The van der Waals surface area contributed by atoms with E-state index in [1.54, 1.807) is 35.4 Å². The van der Waals surface area contributed by atoms with Crippen LogP contribution in [-0.4, -0.2) is 140 Å². The van der Waals surface area contributed by atoms with E-state index in [1.807, 2.05) is 24.3 Å². The molecule has 0 saturated heterocycles. The molecule has 1 aromatic rings. The molecule has 0 aromatic heterocycles. The van der Waals surface area contributed by atoms with Gasteiger partial charge in [0.05, 0.1) is 38.9 Å². The molecular formula is C26H55KN6O7. The van der Waals surface area contributed by atoms with Crippen LogP contribution in [0.25, 0.3) is 5.32 Å². The van der Waals surface area contributed by atoms with Crippen molar-refractivity contribution in [1.29, 1.82) is 0 Å². The first kappa shape index (κ1) is 46.8. The van der Waals surface area contributed by atoms with Crippen molar-refractivity contribution in [3.63, 3.8) is 0 Å². The van der Waals surface area contributed by atoms with Gasteiger partial charge >= 0.3 is 51.4 Å². The van der Waals surface area contributed by atoms with Crippen LogP contribution in [0.2, 0.25) is 0 Å². The summed E-state index contributed by atoms with van der Waals surface area (Å²) in [5.41, 5.74) is 7.26. The number of benzene rings is 1. The number of fused-ring (bicyclic) bond motifs is 1. The standard InChI is InChI=1S/C8H20N2O2.C8H19NO3.C8H7NO.C2H6O.K.H4N2/c1-11-7-5-10(4-3-9)6-8-12-2;1-11-7-4-9(3-6-10)5-8-12-2;10-8-7-4-2-1-3-6(7)5-9-8;1-2-3;;1-2/h3-9H2,1-2H3;10H,3-8H2,1-2H3;1-4H,5H2,(H,9,10);3H,2H2,1H3;;1-2H2/q;;;;+1;/p-1. The first-order chi connectivity index (χ1) is 19.0. The van der Waals surface area contributed by atoms with Gasteiger partial charge in [0.15, 0.2) is 0 Å². The van der Waals surface area contributed by atoms with Crippen LogP contribution in [0.15, 0.2) is 24.3 Å². The number of hydrogen-bond acceptors (Lipinski definition) is 12. The van der Waals surface area contributed by atoms with Crippen molar-refractivity contribution in [3.05, 3.63) is 40.7 Å². The Balaban J connectivity index is -0.000000222. The average Bonchev–Trinajstić information content (AvgIpc) is 3.34. The molecule has 232 valence electrons. The Kier molecular flexibility index (Phi) is 45.5. The van der Waals surface area contributed by atoms with Crippen LogP contribution < -0.4 is 68.8 Å². The largest absolute Gasteiger partial charge is 1.00 e. The van der Waals surface area contributed by atoms with Crippen molar-refractivity contribution >= 4 is 5.91 Å². The average molecular weight is 603 g/mol. The van der Waals surface area contributed by atoms with Gasteiger partial charge < -0.3 is 45.0 Å². The summed E-state index contributed by atoms with van der Waals surface area (Å²) in [6.07, 6.45) is 0. The summed E-state index contributed by atoms with van der Waals surface area (Å²) in [7, 11) is 6.76. The van der Waals surface area contributed by atoms with E-state index < -0.39 is 0 Å². The van der Waals surface area contributed by atoms with Gasteiger partial charge in [-0.25, -0.2) is 0 Å². The Morgan fingerprint density at radius 2 is 1.20 bits per heavy atom. The fourth-order valence-electron chi connectivity index (χ4n) is 2.99. The van der Waals surface area contributed by atoms with E-state index in [2.05, 4.69) is 26.8 Å². The summed E-state index contributed by atoms with van der Waals surface area (Å²) in [4.78, 5) is 15.2. The van der Waals surface area contributed by atoms with Crippen LogP contribution >= 0.6 is 0 Å². The third-order valence-corrected chi connectivity index (χ3v) is 4.95. The Morgan fingerprint density at radius 1 is 0.800 bits per heavy atom. The maximum Gasteiger partial charge on any atom is 1.00 e. The number of nitrogens with two attached hydrogens (primary N) is 3. The van der Waals surface area contributed by atoms with Gasteiger partial charge in [-0.2, -0.15) is 0 Å².